The van der Waals surface area contributed by atoms with Crippen molar-refractivity contribution in [3.8, 4) is 0 Å². The molecule has 0 saturated heterocycles. The predicted molar refractivity (Wildman–Crippen MR) is 66.6 cm³/mol. The Hall–Kier alpha value is -0.480. The minimum absolute atomic E-state index is 0.358. The minimum atomic E-state index is 0.358. The highest BCUT2D eigenvalue weighted by Crippen LogP contribution is 2.42. The molecule has 0 aromatic carbocycles. The van der Waals surface area contributed by atoms with E-state index in [4.69, 9.17) is 4.42 Å². The number of oxazole rings is 1. The maximum absolute atomic E-state index is 5.32. The molecule has 1 saturated carbocycles. The monoisotopic (exact) mass is 240 g/mol. The van der Waals surface area contributed by atoms with Crippen LogP contribution in [-0.4, -0.2) is 23.3 Å². The molecule has 1 heterocycles. The van der Waals surface area contributed by atoms with Crippen molar-refractivity contribution in [3.63, 3.8) is 0 Å². The lowest BCUT2D eigenvalue weighted by Gasteiger charge is -2.43. The molecule has 3 nitrogen and oxygen atoms in total. The molecule has 90 valence electrons. The Balaban J connectivity index is 2.07. The number of aromatic nitrogens is 1. The molecule has 4 heteroatoms. The van der Waals surface area contributed by atoms with Crippen LogP contribution in [0.2, 0.25) is 0 Å². The second kappa shape index (κ2) is 4.80. The molecule has 1 aromatic rings. The fourth-order valence-electron chi connectivity index (χ4n) is 2.69. The van der Waals surface area contributed by atoms with Crippen LogP contribution >= 0.6 is 11.8 Å². The van der Waals surface area contributed by atoms with E-state index in [2.05, 4.69) is 31.2 Å². The van der Waals surface area contributed by atoms with Gasteiger partial charge in [0.25, 0.3) is 5.22 Å². The van der Waals surface area contributed by atoms with Crippen molar-refractivity contribution < 1.29 is 4.42 Å². The molecule has 0 amide bonds. The fourth-order valence-corrected chi connectivity index (χ4v) is 4.10. The Labute approximate surface area is 101 Å². The topological polar surface area (TPSA) is 38.1 Å². The molecule has 1 aliphatic carbocycles. The molecule has 1 aromatic heterocycles. The van der Waals surface area contributed by atoms with Gasteiger partial charge in [-0.1, -0.05) is 32.0 Å². The number of nitrogens with one attached hydrogen (secondary N) is 1. The summed E-state index contributed by atoms with van der Waals surface area (Å²) in [4.78, 5) is 4.20. The molecule has 0 aliphatic heterocycles. The molecular formula is C12H20N2OS. The van der Waals surface area contributed by atoms with E-state index in [1.165, 1.54) is 19.3 Å². The van der Waals surface area contributed by atoms with E-state index in [1.807, 2.05) is 0 Å². The molecule has 2 unspecified atom stereocenters. The standard InChI is InChI=1S/C12H20N2OS/c1-12(2)6-4-5-9(10(12)13-3)16-11-14-7-8-15-11/h7-10,13H,4-6H2,1-3H3. The molecule has 0 radical (unpaired) electrons. The number of thioether (sulfide) groups is 1. The van der Waals surface area contributed by atoms with E-state index in [1.54, 1.807) is 24.2 Å². The van der Waals surface area contributed by atoms with E-state index >= 15 is 0 Å². The maximum Gasteiger partial charge on any atom is 0.255 e. The zero-order valence-corrected chi connectivity index (χ0v) is 11.0. The number of hydrogen-bond donors (Lipinski definition) is 1. The van der Waals surface area contributed by atoms with Crippen LogP contribution in [0.3, 0.4) is 0 Å². The van der Waals surface area contributed by atoms with Crippen LogP contribution in [0, 0.1) is 5.41 Å². The Morgan fingerprint density at radius 2 is 2.38 bits per heavy atom. The third-order valence-corrected chi connectivity index (χ3v) is 4.71. The Bertz CT molecular complexity index is 324. The van der Waals surface area contributed by atoms with Crippen LogP contribution in [0.5, 0.6) is 0 Å². The van der Waals surface area contributed by atoms with Crippen LogP contribution in [-0.2, 0) is 0 Å². The van der Waals surface area contributed by atoms with E-state index < -0.39 is 0 Å². The quantitative estimate of drug-likeness (QED) is 0.881. The molecule has 16 heavy (non-hydrogen) atoms. The van der Waals surface area contributed by atoms with E-state index in [0.29, 0.717) is 16.7 Å². The summed E-state index contributed by atoms with van der Waals surface area (Å²) in [6, 6.07) is 0.526. The van der Waals surface area contributed by atoms with Gasteiger partial charge in [0.15, 0.2) is 0 Å². The Kier molecular flexibility index (Phi) is 3.60. The SMILES string of the molecule is CNC1C(Sc2ncco2)CCCC1(C)C. The van der Waals surface area contributed by atoms with Crippen LogP contribution < -0.4 is 5.32 Å². The summed E-state index contributed by atoms with van der Waals surface area (Å²) in [5.41, 5.74) is 0.358. The van der Waals surface area contributed by atoms with Crippen molar-refractivity contribution in [2.75, 3.05) is 7.05 Å². The minimum Gasteiger partial charge on any atom is -0.440 e. The third kappa shape index (κ3) is 2.43. The second-order valence-corrected chi connectivity index (χ2v) is 6.29. The van der Waals surface area contributed by atoms with E-state index in [9.17, 15) is 0 Å². The normalized spacial score (nSPS) is 29.2. The number of rotatable bonds is 3. The van der Waals surface area contributed by atoms with Gasteiger partial charge >= 0.3 is 0 Å². The molecule has 0 spiro atoms. The molecule has 2 atom stereocenters. The summed E-state index contributed by atoms with van der Waals surface area (Å²) in [7, 11) is 2.06. The van der Waals surface area contributed by atoms with E-state index in [-0.39, 0.29) is 0 Å². The summed E-state index contributed by atoms with van der Waals surface area (Å²) in [5.74, 6) is 0. The zero-order chi connectivity index (χ0) is 11.6. The zero-order valence-electron chi connectivity index (χ0n) is 10.2. The van der Waals surface area contributed by atoms with Gasteiger partial charge in [-0.3, -0.25) is 0 Å². The fraction of sp³-hybridized carbons (Fsp3) is 0.750. The molecule has 0 bridgehead atoms. The number of nitrogens with zero attached hydrogens (tertiary/aromatic N) is 1. The lowest BCUT2D eigenvalue weighted by atomic mass is 9.73. The second-order valence-electron chi connectivity index (χ2n) is 5.10. The van der Waals surface area contributed by atoms with Crippen molar-refractivity contribution in [3.05, 3.63) is 12.5 Å². The molecule has 1 N–H and O–H groups in total. The Morgan fingerprint density at radius 1 is 1.56 bits per heavy atom. The van der Waals surface area contributed by atoms with Crippen LogP contribution in [0.1, 0.15) is 33.1 Å². The molecule has 1 fully saturated rings. The van der Waals surface area contributed by atoms with Crippen molar-refractivity contribution in [2.24, 2.45) is 5.41 Å². The van der Waals surface area contributed by atoms with E-state index in [0.717, 1.165) is 5.22 Å². The highest BCUT2D eigenvalue weighted by atomic mass is 32.2. The first-order valence-electron chi connectivity index (χ1n) is 5.87. The van der Waals surface area contributed by atoms with Crippen molar-refractivity contribution >= 4 is 11.8 Å². The first-order valence-corrected chi connectivity index (χ1v) is 6.75. The van der Waals surface area contributed by atoms with Gasteiger partial charge in [0.05, 0.1) is 6.20 Å². The van der Waals surface area contributed by atoms with Crippen LogP contribution in [0.25, 0.3) is 0 Å². The van der Waals surface area contributed by atoms with Crippen molar-refractivity contribution in [2.45, 2.75) is 49.6 Å². The van der Waals surface area contributed by atoms with Gasteiger partial charge in [-0.15, -0.1) is 0 Å². The van der Waals surface area contributed by atoms with Gasteiger partial charge in [-0.2, -0.15) is 0 Å². The van der Waals surface area contributed by atoms with Crippen molar-refractivity contribution in [1.82, 2.24) is 10.3 Å². The predicted octanol–water partition coefficient (Wildman–Crippen LogP) is 2.93. The maximum atomic E-state index is 5.32. The lowest BCUT2D eigenvalue weighted by molar-refractivity contribution is 0.182. The van der Waals surface area contributed by atoms with Gasteiger partial charge in [0.1, 0.15) is 6.26 Å². The van der Waals surface area contributed by atoms with Gasteiger partial charge in [0.2, 0.25) is 0 Å². The van der Waals surface area contributed by atoms with Gasteiger partial charge < -0.3 is 9.73 Å². The van der Waals surface area contributed by atoms with Gasteiger partial charge in [-0.05, 0) is 25.3 Å². The largest absolute Gasteiger partial charge is 0.440 e. The summed E-state index contributed by atoms with van der Waals surface area (Å²) in [5, 5.41) is 4.82. The summed E-state index contributed by atoms with van der Waals surface area (Å²) < 4.78 is 5.32. The average Bonchev–Trinajstić information content (AvgIpc) is 2.69. The van der Waals surface area contributed by atoms with Crippen molar-refractivity contribution in [1.29, 1.82) is 0 Å². The van der Waals surface area contributed by atoms with Crippen LogP contribution in [0.15, 0.2) is 22.1 Å². The molecular weight excluding hydrogens is 220 g/mol. The van der Waals surface area contributed by atoms with Crippen LogP contribution in [0.4, 0.5) is 0 Å². The number of hydrogen-bond acceptors (Lipinski definition) is 4. The first-order chi connectivity index (χ1) is 7.63. The molecule has 2 rings (SSSR count). The summed E-state index contributed by atoms with van der Waals surface area (Å²) >= 11 is 1.77. The van der Waals surface area contributed by atoms with Gasteiger partial charge in [-0.25, -0.2) is 4.98 Å². The average molecular weight is 240 g/mol. The first kappa shape index (κ1) is 12.0. The summed E-state index contributed by atoms with van der Waals surface area (Å²) in [6.45, 7) is 4.69. The Morgan fingerprint density at radius 3 is 3.00 bits per heavy atom. The summed E-state index contributed by atoms with van der Waals surface area (Å²) in [6.07, 6.45) is 7.18. The van der Waals surface area contributed by atoms with Gasteiger partial charge in [0, 0.05) is 11.3 Å². The highest BCUT2D eigenvalue weighted by Gasteiger charge is 2.38. The molecule has 1 aliphatic rings. The smallest absolute Gasteiger partial charge is 0.255 e. The lowest BCUT2D eigenvalue weighted by Crippen LogP contribution is -2.49. The third-order valence-electron chi connectivity index (χ3n) is 3.50. The highest BCUT2D eigenvalue weighted by molar-refractivity contribution is 7.99.